The molecule has 1 aliphatic heterocycles. The molecule has 0 saturated carbocycles. The topological polar surface area (TPSA) is 52.6 Å². The molecule has 2 rings (SSSR count). The highest BCUT2D eigenvalue weighted by molar-refractivity contribution is 6.42. The molecule has 21 heavy (non-hydrogen) atoms. The molecule has 0 aliphatic carbocycles. The highest BCUT2D eigenvalue weighted by atomic mass is 35.5. The lowest BCUT2D eigenvalue weighted by molar-refractivity contribution is -0.130. The zero-order valence-corrected chi connectivity index (χ0v) is 13.7. The van der Waals surface area contributed by atoms with Crippen molar-refractivity contribution in [3.63, 3.8) is 0 Å². The van der Waals surface area contributed by atoms with Gasteiger partial charge >= 0.3 is 0 Å². The molecule has 1 atom stereocenters. The maximum Gasteiger partial charge on any atom is 0.219 e. The first-order valence-electron chi connectivity index (χ1n) is 7.04. The first-order chi connectivity index (χ1) is 9.93. The maximum absolute atomic E-state index is 11.4. The molecule has 1 amide bonds. The predicted octanol–water partition coefficient (Wildman–Crippen LogP) is 3.22. The van der Waals surface area contributed by atoms with E-state index in [1.165, 1.54) is 6.07 Å². The predicted molar refractivity (Wildman–Crippen MR) is 84.9 cm³/mol. The third kappa shape index (κ3) is 3.62. The molecule has 1 aromatic rings. The number of benzene rings is 1. The van der Waals surface area contributed by atoms with Crippen LogP contribution in [0, 0.1) is 5.92 Å². The normalized spacial score (nSPS) is 17.8. The SMILES string of the molecule is CNC(c1cc(Cl)c(Cl)cc1O)C1CCN(C(C)=O)CC1. The minimum absolute atomic E-state index is 0.00567. The first kappa shape index (κ1) is 16.4. The Morgan fingerprint density at radius 2 is 1.90 bits per heavy atom. The third-order valence-electron chi connectivity index (χ3n) is 4.17. The molecule has 4 nitrogen and oxygen atoms in total. The van der Waals surface area contributed by atoms with Gasteiger partial charge in [0.05, 0.1) is 10.0 Å². The fourth-order valence-corrected chi connectivity index (χ4v) is 3.32. The number of nitrogens with one attached hydrogen (secondary N) is 1. The maximum atomic E-state index is 11.4. The van der Waals surface area contributed by atoms with Crippen LogP contribution in [0.4, 0.5) is 0 Å². The molecule has 0 bridgehead atoms. The molecule has 2 N–H and O–H groups in total. The summed E-state index contributed by atoms with van der Waals surface area (Å²) in [5.74, 6) is 0.610. The van der Waals surface area contributed by atoms with Crippen molar-refractivity contribution < 1.29 is 9.90 Å². The number of phenolic OH excluding ortho intramolecular Hbond substituents is 1. The number of hydrogen-bond donors (Lipinski definition) is 2. The van der Waals surface area contributed by atoms with Crippen molar-refractivity contribution in [3.8, 4) is 5.75 Å². The van der Waals surface area contributed by atoms with Gasteiger partial charge in [-0.2, -0.15) is 0 Å². The van der Waals surface area contributed by atoms with E-state index in [1.54, 1.807) is 13.0 Å². The van der Waals surface area contributed by atoms with Crippen LogP contribution in [0.2, 0.25) is 10.0 Å². The van der Waals surface area contributed by atoms with Crippen molar-refractivity contribution in [2.45, 2.75) is 25.8 Å². The van der Waals surface area contributed by atoms with Crippen LogP contribution in [0.3, 0.4) is 0 Å². The van der Waals surface area contributed by atoms with Crippen LogP contribution in [0.5, 0.6) is 5.75 Å². The molecule has 1 aliphatic rings. The Labute approximate surface area is 135 Å². The van der Waals surface area contributed by atoms with Gasteiger partial charge in [0, 0.05) is 37.7 Å². The lowest BCUT2D eigenvalue weighted by atomic mass is 9.85. The van der Waals surface area contributed by atoms with E-state index in [2.05, 4.69) is 5.32 Å². The van der Waals surface area contributed by atoms with E-state index in [0.717, 1.165) is 31.5 Å². The Kier molecular flexibility index (Phi) is 5.36. The van der Waals surface area contributed by atoms with Crippen molar-refractivity contribution in [3.05, 3.63) is 27.7 Å². The van der Waals surface area contributed by atoms with Gasteiger partial charge in [-0.15, -0.1) is 0 Å². The lowest BCUT2D eigenvalue weighted by Crippen LogP contribution is -2.40. The molecule has 1 unspecified atom stereocenters. The van der Waals surface area contributed by atoms with Gasteiger partial charge in [0.2, 0.25) is 5.91 Å². The van der Waals surface area contributed by atoms with Crippen molar-refractivity contribution in [1.29, 1.82) is 0 Å². The molecule has 0 aromatic heterocycles. The molecule has 116 valence electrons. The second kappa shape index (κ2) is 6.86. The quantitative estimate of drug-likeness (QED) is 0.894. The van der Waals surface area contributed by atoms with Crippen molar-refractivity contribution in [1.82, 2.24) is 10.2 Å². The number of rotatable bonds is 3. The number of amides is 1. The molecule has 1 heterocycles. The Bertz CT molecular complexity index is 529. The Balaban J connectivity index is 2.18. The van der Waals surface area contributed by atoms with Gasteiger partial charge in [-0.1, -0.05) is 23.2 Å². The van der Waals surface area contributed by atoms with E-state index < -0.39 is 0 Å². The summed E-state index contributed by atoms with van der Waals surface area (Å²) in [6.45, 7) is 3.10. The molecular weight excluding hydrogens is 311 g/mol. The van der Waals surface area contributed by atoms with E-state index in [-0.39, 0.29) is 17.7 Å². The summed E-state index contributed by atoms with van der Waals surface area (Å²) in [7, 11) is 1.87. The highest BCUT2D eigenvalue weighted by Crippen LogP contribution is 2.38. The van der Waals surface area contributed by atoms with Crippen molar-refractivity contribution in [2.75, 3.05) is 20.1 Å². The zero-order chi connectivity index (χ0) is 15.6. The number of piperidine rings is 1. The summed E-state index contributed by atoms with van der Waals surface area (Å²) in [6, 6.07) is 3.19. The number of likely N-dealkylation sites (tertiary alicyclic amines) is 1. The average Bonchev–Trinajstić information content (AvgIpc) is 2.45. The monoisotopic (exact) mass is 330 g/mol. The minimum atomic E-state index is -0.00567. The van der Waals surface area contributed by atoms with E-state index in [4.69, 9.17) is 23.2 Å². The molecular formula is C15H20Cl2N2O2. The van der Waals surface area contributed by atoms with Crippen LogP contribution in [0.1, 0.15) is 31.4 Å². The number of phenols is 1. The molecule has 0 radical (unpaired) electrons. The first-order valence-corrected chi connectivity index (χ1v) is 7.80. The zero-order valence-electron chi connectivity index (χ0n) is 12.2. The number of hydrogen-bond acceptors (Lipinski definition) is 3. The summed E-state index contributed by atoms with van der Waals surface area (Å²) in [4.78, 5) is 13.2. The number of nitrogens with zero attached hydrogens (tertiary/aromatic N) is 1. The Morgan fingerprint density at radius 3 is 2.43 bits per heavy atom. The lowest BCUT2D eigenvalue weighted by Gasteiger charge is -2.36. The van der Waals surface area contributed by atoms with Gasteiger partial charge in [-0.3, -0.25) is 4.79 Å². The van der Waals surface area contributed by atoms with Crippen LogP contribution in [0.15, 0.2) is 12.1 Å². The number of halogens is 2. The van der Waals surface area contributed by atoms with E-state index in [0.29, 0.717) is 16.0 Å². The molecule has 6 heteroatoms. The van der Waals surface area contributed by atoms with Crippen LogP contribution in [0.25, 0.3) is 0 Å². The van der Waals surface area contributed by atoms with E-state index >= 15 is 0 Å². The van der Waals surface area contributed by atoms with Gasteiger partial charge in [-0.25, -0.2) is 0 Å². The Morgan fingerprint density at radius 1 is 1.33 bits per heavy atom. The van der Waals surface area contributed by atoms with Gasteiger partial charge in [-0.05, 0) is 31.9 Å². The number of carbonyl (C=O) groups excluding carboxylic acids is 1. The summed E-state index contributed by atoms with van der Waals surface area (Å²) in [5.41, 5.74) is 0.758. The largest absolute Gasteiger partial charge is 0.508 e. The Hall–Kier alpha value is -0.970. The summed E-state index contributed by atoms with van der Waals surface area (Å²) >= 11 is 12.0. The van der Waals surface area contributed by atoms with Gasteiger partial charge in [0.25, 0.3) is 0 Å². The third-order valence-corrected chi connectivity index (χ3v) is 4.89. The number of aromatic hydroxyl groups is 1. The summed E-state index contributed by atoms with van der Waals surface area (Å²) in [5, 5.41) is 14.2. The second-order valence-corrected chi connectivity index (χ2v) is 6.25. The van der Waals surface area contributed by atoms with Crippen LogP contribution in [-0.4, -0.2) is 36.1 Å². The fraction of sp³-hybridized carbons (Fsp3) is 0.533. The minimum Gasteiger partial charge on any atom is -0.508 e. The second-order valence-electron chi connectivity index (χ2n) is 5.43. The molecule has 1 aromatic carbocycles. The van der Waals surface area contributed by atoms with Crippen LogP contribution >= 0.6 is 23.2 Å². The van der Waals surface area contributed by atoms with E-state index in [1.807, 2.05) is 11.9 Å². The van der Waals surface area contributed by atoms with Crippen molar-refractivity contribution >= 4 is 29.1 Å². The van der Waals surface area contributed by atoms with Gasteiger partial charge in [0.15, 0.2) is 0 Å². The van der Waals surface area contributed by atoms with Crippen molar-refractivity contribution in [2.24, 2.45) is 5.92 Å². The standard InChI is InChI=1S/C15H20Cl2N2O2/c1-9(20)19-5-3-10(4-6-19)15(18-2)11-7-12(16)13(17)8-14(11)21/h7-8,10,15,18,21H,3-6H2,1-2H3. The van der Waals surface area contributed by atoms with E-state index in [9.17, 15) is 9.90 Å². The average molecular weight is 331 g/mol. The molecule has 1 saturated heterocycles. The molecule has 0 spiro atoms. The van der Waals surface area contributed by atoms with Gasteiger partial charge < -0.3 is 15.3 Å². The fourth-order valence-electron chi connectivity index (χ4n) is 2.99. The van der Waals surface area contributed by atoms with Crippen LogP contribution < -0.4 is 5.32 Å². The highest BCUT2D eigenvalue weighted by Gasteiger charge is 2.29. The molecule has 1 fully saturated rings. The summed E-state index contributed by atoms with van der Waals surface area (Å²) < 4.78 is 0. The number of carbonyl (C=O) groups is 1. The smallest absolute Gasteiger partial charge is 0.219 e. The van der Waals surface area contributed by atoms with Gasteiger partial charge in [0.1, 0.15) is 5.75 Å². The summed E-state index contributed by atoms with van der Waals surface area (Å²) in [6.07, 6.45) is 1.79. The van der Waals surface area contributed by atoms with Crippen LogP contribution in [-0.2, 0) is 4.79 Å².